The highest BCUT2D eigenvalue weighted by molar-refractivity contribution is 5.94. The maximum atomic E-state index is 12.0. The molecule has 1 amide bonds. The molecule has 0 saturated carbocycles. The van der Waals surface area contributed by atoms with E-state index in [2.05, 4.69) is 15.6 Å². The fraction of sp³-hybridized carbons (Fsp3) is 0.333. The van der Waals surface area contributed by atoms with Gasteiger partial charge in [0.1, 0.15) is 6.04 Å². The number of hydrogen-bond donors (Lipinski definition) is 2. The van der Waals surface area contributed by atoms with Crippen molar-refractivity contribution < 1.29 is 14.7 Å². The molecule has 0 unspecified atom stereocenters. The first-order valence-corrected chi connectivity index (χ1v) is 6.95. The van der Waals surface area contributed by atoms with Crippen LogP contribution in [0.1, 0.15) is 29.9 Å². The van der Waals surface area contributed by atoms with Gasteiger partial charge in [0.25, 0.3) is 5.91 Å². The summed E-state index contributed by atoms with van der Waals surface area (Å²) in [7, 11) is 0. The van der Waals surface area contributed by atoms with Crippen LogP contribution in [0.3, 0.4) is 0 Å². The highest BCUT2D eigenvalue weighted by Crippen LogP contribution is 2.05. The van der Waals surface area contributed by atoms with Crippen molar-refractivity contribution >= 4 is 11.9 Å². The van der Waals surface area contributed by atoms with E-state index in [0.29, 0.717) is 6.54 Å². The van der Waals surface area contributed by atoms with E-state index < -0.39 is 17.9 Å². The molecular formula is C15H18N4O3. The molecule has 1 heterocycles. The van der Waals surface area contributed by atoms with Gasteiger partial charge >= 0.3 is 5.97 Å². The molecule has 2 N–H and O–H groups in total. The number of hydrogen-bond acceptors (Lipinski definition) is 4. The number of aromatic nitrogens is 3. The van der Waals surface area contributed by atoms with Gasteiger partial charge in [-0.1, -0.05) is 49.4 Å². The maximum absolute atomic E-state index is 12.0. The predicted molar refractivity (Wildman–Crippen MR) is 79.3 cm³/mol. The van der Waals surface area contributed by atoms with Crippen molar-refractivity contribution in [3.63, 3.8) is 0 Å². The Morgan fingerprint density at radius 3 is 2.55 bits per heavy atom. The van der Waals surface area contributed by atoms with E-state index in [0.717, 1.165) is 5.56 Å². The summed E-state index contributed by atoms with van der Waals surface area (Å²) in [6.45, 7) is 3.95. The third kappa shape index (κ3) is 3.91. The lowest BCUT2D eigenvalue weighted by Crippen LogP contribution is -2.44. The monoisotopic (exact) mass is 302 g/mol. The second-order valence-corrected chi connectivity index (χ2v) is 5.32. The highest BCUT2D eigenvalue weighted by atomic mass is 16.4. The Morgan fingerprint density at radius 2 is 1.95 bits per heavy atom. The van der Waals surface area contributed by atoms with E-state index in [1.54, 1.807) is 13.8 Å². The minimum absolute atomic E-state index is 0.0998. The van der Waals surface area contributed by atoms with Crippen molar-refractivity contribution in [3.05, 3.63) is 47.8 Å². The molecule has 0 aliphatic carbocycles. The van der Waals surface area contributed by atoms with Gasteiger partial charge in [-0.2, -0.15) is 0 Å². The van der Waals surface area contributed by atoms with Crippen LogP contribution in [0.2, 0.25) is 0 Å². The van der Waals surface area contributed by atoms with E-state index in [1.165, 1.54) is 10.9 Å². The lowest BCUT2D eigenvalue weighted by molar-refractivity contribution is -0.140. The predicted octanol–water partition coefficient (Wildman–Crippen LogP) is 1.17. The van der Waals surface area contributed by atoms with Gasteiger partial charge in [0.15, 0.2) is 5.69 Å². The fourth-order valence-electron chi connectivity index (χ4n) is 1.98. The molecule has 0 saturated heterocycles. The summed E-state index contributed by atoms with van der Waals surface area (Å²) in [5.74, 6) is -1.83. The zero-order chi connectivity index (χ0) is 16.1. The summed E-state index contributed by atoms with van der Waals surface area (Å²) in [5.41, 5.74) is 1.13. The molecule has 0 radical (unpaired) electrons. The van der Waals surface area contributed by atoms with Crippen LogP contribution in [0, 0.1) is 5.92 Å². The quantitative estimate of drug-likeness (QED) is 0.834. The van der Waals surface area contributed by atoms with Crippen LogP contribution in [0.5, 0.6) is 0 Å². The third-order valence-electron chi connectivity index (χ3n) is 3.18. The number of amides is 1. The Balaban J connectivity index is 2.04. The van der Waals surface area contributed by atoms with E-state index >= 15 is 0 Å². The summed E-state index contributed by atoms with van der Waals surface area (Å²) in [6, 6.07) is 8.69. The highest BCUT2D eigenvalue weighted by Gasteiger charge is 2.25. The summed E-state index contributed by atoms with van der Waals surface area (Å²) in [4.78, 5) is 23.1. The zero-order valence-corrected chi connectivity index (χ0v) is 12.4. The molecule has 7 nitrogen and oxygen atoms in total. The van der Waals surface area contributed by atoms with E-state index in [1.807, 2.05) is 30.3 Å². The largest absolute Gasteiger partial charge is 0.480 e. The Labute approximate surface area is 128 Å². The van der Waals surface area contributed by atoms with Crippen LogP contribution in [-0.2, 0) is 11.3 Å². The fourth-order valence-corrected chi connectivity index (χ4v) is 1.98. The van der Waals surface area contributed by atoms with Crippen LogP contribution < -0.4 is 5.32 Å². The number of aliphatic carboxylic acids is 1. The van der Waals surface area contributed by atoms with Gasteiger partial charge in [-0.25, -0.2) is 9.48 Å². The molecule has 1 aromatic heterocycles. The van der Waals surface area contributed by atoms with Crippen molar-refractivity contribution in [2.75, 3.05) is 0 Å². The SMILES string of the molecule is CC(C)[C@H](NC(=O)c1cn(Cc2ccccc2)nn1)C(=O)O. The van der Waals surface area contributed by atoms with Gasteiger partial charge in [-0.05, 0) is 11.5 Å². The standard InChI is InChI=1S/C15H18N4O3/c1-10(2)13(15(21)22)16-14(20)12-9-19(18-17-12)8-11-6-4-3-5-7-11/h3-7,9-10,13H,8H2,1-2H3,(H,16,20)(H,21,22)/t13-/m0/s1. The summed E-state index contributed by atoms with van der Waals surface area (Å²) in [6.07, 6.45) is 1.50. The minimum atomic E-state index is -1.07. The van der Waals surface area contributed by atoms with E-state index in [4.69, 9.17) is 5.11 Å². The van der Waals surface area contributed by atoms with Crippen LogP contribution >= 0.6 is 0 Å². The molecule has 1 aromatic carbocycles. The van der Waals surface area contributed by atoms with Crippen LogP contribution in [0.25, 0.3) is 0 Å². The van der Waals surface area contributed by atoms with Gasteiger partial charge in [-0.3, -0.25) is 4.79 Å². The number of carboxylic acids is 1. The Hall–Kier alpha value is -2.70. The molecule has 2 aromatic rings. The number of carbonyl (C=O) groups excluding carboxylic acids is 1. The summed E-state index contributed by atoms with van der Waals surface area (Å²) >= 11 is 0. The lowest BCUT2D eigenvalue weighted by Gasteiger charge is -2.16. The van der Waals surface area contributed by atoms with Gasteiger partial charge in [0, 0.05) is 0 Å². The molecule has 0 fully saturated rings. The number of carbonyl (C=O) groups is 2. The zero-order valence-electron chi connectivity index (χ0n) is 12.4. The molecule has 22 heavy (non-hydrogen) atoms. The van der Waals surface area contributed by atoms with Crippen molar-refractivity contribution in [3.8, 4) is 0 Å². The van der Waals surface area contributed by atoms with Crippen LogP contribution in [-0.4, -0.2) is 38.0 Å². The van der Waals surface area contributed by atoms with Crippen molar-refractivity contribution in [2.24, 2.45) is 5.92 Å². The van der Waals surface area contributed by atoms with E-state index in [9.17, 15) is 9.59 Å². The normalized spacial score (nSPS) is 12.1. The van der Waals surface area contributed by atoms with Gasteiger partial charge < -0.3 is 10.4 Å². The third-order valence-corrected chi connectivity index (χ3v) is 3.18. The molecule has 0 aliphatic rings. The van der Waals surface area contributed by atoms with Crippen molar-refractivity contribution in [2.45, 2.75) is 26.4 Å². The number of benzene rings is 1. The Morgan fingerprint density at radius 1 is 1.27 bits per heavy atom. The lowest BCUT2D eigenvalue weighted by atomic mass is 10.0. The Bertz CT molecular complexity index is 652. The second kappa shape index (κ2) is 6.84. The molecule has 0 bridgehead atoms. The number of rotatable bonds is 6. The average Bonchev–Trinajstić information content (AvgIpc) is 2.93. The minimum Gasteiger partial charge on any atom is -0.480 e. The van der Waals surface area contributed by atoms with Crippen LogP contribution in [0.15, 0.2) is 36.5 Å². The number of carboxylic acid groups (broad SMARTS) is 1. The molecular weight excluding hydrogens is 284 g/mol. The average molecular weight is 302 g/mol. The maximum Gasteiger partial charge on any atom is 0.326 e. The Kier molecular flexibility index (Phi) is 4.88. The summed E-state index contributed by atoms with van der Waals surface area (Å²) in [5, 5.41) is 19.2. The van der Waals surface area contributed by atoms with Crippen LogP contribution in [0.4, 0.5) is 0 Å². The van der Waals surface area contributed by atoms with Crippen molar-refractivity contribution in [1.29, 1.82) is 0 Å². The molecule has 0 aliphatic heterocycles. The van der Waals surface area contributed by atoms with Crippen molar-refractivity contribution in [1.82, 2.24) is 20.3 Å². The molecule has 116 valence electrons. The smallest absolute Gasteiger partial charge is 0.326 e. The van der Waals surface area contributed by atoms with Gasteiger partial charge in [0.2, 0.25) is 0 Å². The number of nitrogens with one attached hydrogen (secondary N) is 1. The van der Waals surface area contributed by atoms with Gasteiger partial charge in [-0.15, -0.1) is 5.10 Å². The molecule has 1 atom stereocenters. The molecule has 0 spiro atoms. The first-order valence-electron chi connectivity index (χ1n) is 6.95. The topological polar surface area (TPSA) is 97.1 Å². The summed E-state index contributed by atoms with van der Waals surface area (Å²) < 4.78 is 1.54. The second-order valence-electron chi connectivity index (χ2n) is 5.32. The first kappa shape index (κ1) is 15.7. The number of nitrogens with zero attached hydrogens (tertiary/aromatic N) is 3. The first-order chi connectivity index (χ1) is 10.5. The molecule has 7 heteroatoms. The van der Waals surface area contributed by atoms with Gasteiger partial charge in [0.05, 0.1) is 12.7 Å². The molecule has 2 rings (SSSR count). The van der Waals surface area contributed by atoms with E-state index in [-0.39, 0.29) is 11.6 Å².